The van der Waals surface area contributed by atoms with Crippen molar-refractivity contribution >= 4 is 50.4 Å². The van der Waals surface area contributed by atoms with Crippen LogP contribution in [0.15, 0.2) is 48.5 Å². The van der Waals surface area contributed by atoms with Crippen LogP contribution >= 0.6 is 0 Å². The molecule has 0 fully saturated rings. The number of hydrogen-bond acceptors (Lipinski definition) is 5. The van der Waals surface area contributed by atoms with Crippen LogP contribution in [0.1, 0.15) is 92.4 Å². The summed E-state index contributed by atoms with van der Waals surface area (Å²) in [6, 6.07) is 11.1. The second-order valence-corrected chi connectivity index (χ2v) is 16.3. The fourth-order valence-electron chi connectivity index (χ4n) is 7.43. The Kier molecular flexibility index (Phi) is 8.18. The second-order valence-electron chi connectivity index (χ2n) is 16.3. The number of fused-ring (bicyclic) bond motifs is 6. The monoisotopic (exact) mass is 745 g/mol. The summed E-state index contributed by atoms with van der Waals surface area (Å²) < 4.78 is 87.2. The molecule has 0 unspecified atom stereocenters. The lowest BCUT2D eigenvalue weighted by molar-refractivity contribution is -0.138. The van der Waals surface area contributed by atoms with Gasteiger partial charge in [-0.05, 0) is 82.1 Å². The fraction of sp³-hybridized carbons (Fsp3) is 0.366. The molecule has 4 aromatic heterocycles. The number of halogens is 6. The van der Waals surface area contributed by atoms with Gasteiger partial charge in [0.25, 0.3) is 0 Å². The third-order valence-corrected chi connectivity index (χ3v) is 9.80. The molecular formula is C41H41F6N7. The predicted molar refractivity (Wildman–Crippen MR) is 200 cm³/mol. The van der Waals surface area contributed by atoms with E-state index in [-0.39, 0.29) is 11.0 Å². The third-order valence-electron chi connectivity index (χ3n) is 9.80. The molecular weight excluding hydrogens is 704 g/mol. The molecule has 3 aromatic carbocycles. The Balaban J connectivity index is 1.63. The quantitative estimate of drug-likeness (QED) is 0.169. The Morgan fingerprint density at radius 3 is 1.22 bits per heavy atom. The van der Waals surface area contributed by atoms with Crippen LogP contribution in [0.4, 0.5) is 43.7 Å². The zero-order chi connectivity index (χ0) is 39.6. The van der Waals surface area contributed by atoms with Gasteiger partial charge in [0.15, 0.2) is 11.6 Å². The number of nitrogens with zero attached hydrogens (tertiary/aromatic N) is 7. The molecule has 0 saturated carbocycles. The largest absolute Gasteiger partial charge is 0.416 e. The molecule has 0 bridgehead atoms. The van der Waals surface area contributed by atoms with Gasteiger partial charge in [0.1, 0.15) is 22.9 Å². The zero-order valence-electron chi connectivity index (χ0n) is 32.0. The van der Waals surface area contributed by atoms with Gasteiger partial charge in [-0.2, -0.15) is 26.3 Å². The SMILES string of the molecule is Cc1cc(C)c(N(c2nc3c4ccc(C(F)(F)F)cc4nc(C(C)(C)C)n3c2C)c2nc3c4ccc(C(F)(F)F)cc4nc(C(C)(C)C)n3c2C)c(C)c1. The van der Waals surface area contributed by atoms with Crippen LogP contribution in [0.3, 0.4) is 0 Å². The minimum atomic E-state index is -4.56. The van der Waals surface area contributed by atoms with E-state index >= 15 is 0 Å². The summed E-state index contributed by atoms with van der Waals surface area (Å²) >= 11 is 0. The van der Waals surface area contributed by atoms with E-state index in [1.54, 1.807) is 0 Å². The van der Waals surface area contributed by atoms with Crippen molar-refractivity contribution in [2.24, 2.45) is 0 Å². The van der Waals surface area contributed by atoms with E-state index in [0.29, 0.717) is 56.7 Å². The van der Waals surface area contributed by atoms with E-state index in [1.807, 2.05) is 89.9 Å². The lowest BCUT2D eigenvalue weighted by atomic mass is 9.95. The Bertz CT molecular complexity index is 2490. The summed E-state index contributed by atoms with van der Waals surface area (Å²) in [5, 5.41) is 0.889. The first-order valence-corrected chi connectivity index (χ1v) is 17.6. The standard InChI is InChI=1S/C41H41F6N7/c1-20-16-21(2)31(22(3)17-20)54(32-23(4)52-34(50-32)27-14-12-25(40(42,43)44)18-29(27)48-36(52)38(6,7)8)33-24(5)53-35(51-33)28-15-13-26(41(45,46)47)19-30(28)49-37(53)39(9,10)11/h12-19H,1-11H3. The summed E-state index contributed by atoms with van der Waals surface area (Å²) in [4.78, 5) is 22.0. The molecule has 7 rings (SSSR count). The van der Waals surface area contributed by atoms with E-state index in [1.165, 1.54) is 12.1 Å². The maximum atomic E-state index is 13.9. The fourth-order valence-corrected chi connectivity index (χ4v) is 7.43. The molecule has 7 aromatic rings. The Hall–Kier alpha value is -5.20. The van der Waals surface area contributed by atoms with Crippen LogP contribution in [0.25, 0.3) is 33.1 Å². The van der Waals surface area contributed by atoms with E-state index in [2.05, 4.69) is 12.1 Å². The Morgan fingerprint density at radius 1 is 0.519 bits per heavy atom. The van der Waals surface area contributed by atoms with Crippen molar-refractivity contribution in [2.45, 2.75) is 99.3 Å². The highest BCUT2D eigenvalue weighted by Gasteiger charge is 2.35. The first-order chi connectivity index (χ1) is 24.9. The van der Waals surface area contributed by atoms with Crippen LogP contribution < -0.4 is 4.90 Å². The van der Waals surface area contributed by atoms with Crippen molar-refractivity contribution in [2.75, 3.05) is 4.90 Å². The van der Waals surface area contributed by atoms with E-state index in [4.69, 9.17) is 19.9 Å². The van der Waals surface area contributed by atoms with Gasteiger partial charge in [-0.3, -0.25) is 13.7 Å². The third kappa shape index (κ3) is 5.92. The van der Waals surface area contributed by atoms with Crippen molar-refractivity contribution in [3.8, 4) is 0 Å². The van der Waals surface area contributed by atoms with Gasteiger partial charge in [0, 0.05) is 21.6 Å². The molecule has 0 amide bonds. The first kappa shape index (κ1) is 37.1. The van der Waals surface area contributed by atoms with E-state index in [9.17, 15) is 26.3 Å². The van der Waals surface area contributed by atoms with Crippen molar-refractivity contribution in [3.05, 3.63) is 99.4 Å². The zero-order valence-corrected chi connectivity index (χ0v) is 32.0. The number of hydrogen-bond donors (Lipinski definition) is 0. The van der Waals surface area contributed by atoms with Crippen molar-refractivity contribution in [3.63, 3.8) is 0 Å². The number of imidazole rings is 2. The van der Waals surface area contributed by atoms with Crippen molar-refractivity contribution in [1.82, 2.24) is 28.7 Å². The summed E-state index contributed by atoms with van der Waals surface area (Å²) in [6.45, 7) is 21.5. The van der Waals surface area contributed by atoms with Gasteiger partial charge in [0.2, 0.25) is 0 Å². The summed E-state index contributed by atoms with van der Waals surface area (Å²) in [6.07, 6.45) is -9.12. The molecule has 0 radical (unpaired) electrons. The number of aromatic nitrogens is 6. The Labute approximate surface area is 308 Å². The summed E-state index contributed by atoms with van der Waals surface area (Å²) in [5.74, 6) is 2.00. The number of alkyl halides is 6. The van der Waals surface area contributed by atoms with Gasteiger partial charge in [-0.25, -0.2) is 19.9 Å². The predicted octanol–water partition coefficient (Wildman–Crippen LogP) is 11.7. The minimum Gasteiger partial charge on any atom is -0.282 e. The first-order valence-electron chi connectivity index (χ1n) is 17.6. The van der Waals surface area contributed by atoms with Gasteiger partial charge in [0.05, 0.1) is 39.2 Å². The molecule has 0 aliphatic heterocycles. The number of benzene rings is 3. The maximum absolute atomic E-state index is 13.9. The van der Waals surface area contributed by atoms with Gasteiger partial charge in [-0.1, -0.05) is 59.2 Å². The number of anilines is 3. The van der Waals surface area contributed by atoms with E-state index < -0.39 is 34.3 Å². The normalized spacial score (nSPS) is 13.3. The van der Waals surface area contributed by atoms with Gasteiger partial charge >= 0.3 is 12.4 Å². The van der Waals surface area contributed by atoms with Gasteiger partial charge < -0.3 is 0 Å². The van der Waals surface area contributed by atoms with Crippen LogP contribution in [0.2, 0.25) is 0 Å². The highest BCUT2D eigenvalue weighted by molar-refractivity contribution is 5.96. The topological polar surface area (TPSA) is 63.6 Å². The molecule has 282 valence electrons. The average molecular weight is 746 g/mol. The maximum Gasteiger partial charge on any atom is 0.416 e. The molecule has 0 spiro atoms. The highest BCUT2D eigenvalue weighted by atomic mass is 19.4. The molecule has 13 heteroatoms. The molecule has 0 aliphatic carbocycles. The summed E-state index contributed by atoms with van der Waals surface area (Å²) in [7, 11) is 0. The van der Waals surface area contributed by atoms with Gasteiger partial charge in [-0.15, -0.1) is 0 Å². The molecule has 7 nitrogen and oxygen atoms in total. The minimum absolute atomic E-state index is 0.169. The smallest absolute Gasteiger partial charge is 0.282 e. The molecule has 0 N–H and O–H groups in total. The van der Waals surface area contributed by atoms with Crippen molar-refractivity contribution < 1.29 is 26.3 Å². The number of rotatable bonds is 3. The van der Waals surface area contributed by atoms with Crippen LogP contribution in [-0.4, -0.2) is 28.7 Å². The lowest BCUT2D eigenvalue weighted by Gasteiger charge is -2.27. The van der Waals surface area contributed by atoms with Crippen LogP contribution in [-0.2, 0) is 23.2 Å². The molecule has 4 heterocycles. The lowest BCUT2D eigenvalue weighted by Crippen LogP contribution is -2.21. The number of aryl methyl sites for hydroxylation is 5. The molecule has 0 aliphatic rings. The average Bonchev–Trinajstić information content (AvgIpc) is 3.56. The van der Waals surface area contributed by atoms with Crippen LogP contribution in [0, 0.1) is 34.6 Å². The molecule has 0 saturated heterocycles. The van der Waals surface area contributed by atoms with E-state index in [0.717, 1.165) is 46.6 Å². The van der Waals surface area contributed by atoms with Crippen molar-refractivity contribution in [1.29, 1.82) is 0 Å². The summed E-state index contributed by atoms with van der Waals surface area (Å²) in [5.41, 5.74) is 3.41. The Morgan fingerprint density at radius 2 is 0.889 bits per heavy atom. The molecule has 54 heavy (non-hydrogen) atoms. The highest BCUT2D eigenvalue weighted by Crippen LogP contribution is 2.45. The second kappa shape index (κ2) is 11.9. The molecule has 0 atom stereocenters. The van der Waals surface area contributed by atoms with Crippen LogP contribution in [0.5, 0.6) is 0 Å².